The summed E-state index contributed by atoms with van der Waals surface area (Å²) in [4.78, 5) is 31.6. The van der Waals surface area contributed by atoms with Crippen molar-refractivity contribution in [3.8, 4) is 5.75 Å². The second kappa shape index (κ2) is 9.08. The van der Waals surface area contributed by atoms with Crippen LogP contribution in [0.5, 0.6) is 5.75 Å². The van der Waals surface area contributed by atoms with Gasteiger partial charge in [0, 0.05) is 23.5 Å². The van der Waals surface area contributed by atoms with Crippen LogP contribution < -0.4 is 10.3 Å². The van der Waals surface area contributed by atoms with Crippen LogP contribution in [0.25, 0.3) is 21.7 Å². The topological polar surface area (TPSA) is 84.7 Å². The lowest BCUT2D eigenvalue weighted by atomic mass is 9.91. The zero-order chi connectivity index (χ0) is 23.7. The van der Waals surface area contributed by atoms with Gasteiger partial charge in [-0.25, -0.2) is 4.98 Å². The number of halogens is 1. The first-order valence-corrected chi connectivity index (χ1v) is 11.6. The Bertz CT molecular complexity index is 1420. The molecule has 34 heavy (non-hydrogen) atoms. The number of likely N-dealkylation sites (tertiary alicyclic amines) is 1. The van der Waals surface area contributed by atoms with E-state index in [9.17, 15) is 14.7 Å². The number of carbonyl (C=O) groups excluding carboxylic acids is 1. The highest BCUT2D eigenvalue weighted by molar-refractivity contribution is 6.31. The van der Waals surface area contributed by atoms with Crippen molar-refractivity contribution in [2.45, 2.75) is 25.0 Å². The maximum absolute atomic E-state index is 12.8. The van der Waals surface area contributed by atoms with Crippen LogP contribution in [0.15, 0.2) is 71.8 Å². The maximum atomic E-state index is 12.8. The molecule has 3 aromatic carbocycles. The highest BCUT2D eigenvalue weighted by Gasteiger charge is 2.34. The van der Waals surface area contributed by atoms with Gasteiger partial charge in [-0.05, 0) is 42.5 Å². The van der Waals surface area contributed by atoms with Crippen molar-refractivity contribution in [2.75, 3.05) is 19.7 Å². The van der Waals surface area contributed by atoms with Crippen molar-refractivity contribution in [1.82, 2.24) is 14.5 Å². The molecule has 174 valence electrons. The van der Waals surface area contributed by atoms with Crippen LogP contribution >= 0.6 is 11.6 Å². The van der Waals surface area contributed by atoms with Gasteiger partial charge in [-0.15, -0.1) is 0 Å². The monoisotopic (exact) mass is 477 g/mol. The van der Waals surface area contributed by atoms with Gasteiger partial charge in [0.1, 0.15) is 5.75 Å². The molecule has 2 heterocycles. The summed E-state index contributed by atoms with van der Waals surface area (Å²) in [5, 5.41) is 14.1. The molecule has 0 spiro atoms. The normalized spacial score (nSPS) is 15.5. The molecule has 1 aromatic heterocycles. The van der Waals surface area contributed by atoms with Crippen LogP contribution in [0, 0.1) is 0 Å². The fourth-order valence-electron chi connectivity index (χ4n) is 4.44. The number of hydrogen-bond acceptors (Lipinski definition) is 5. The van der Waals surface area contributed by atoms with E-state index in [0.717, 1.165) is 10.8 Å². The number of hydrogen-bond donors (Lipinski definition) is 1. The zero-order valence-corrected chi connectivity index (χ0v) is 19.2. The molecule has 0 atom stereocenters. The Hall–Kier alpha value is -3.42. The molecule has 7 nitrogen and oxygen atoms in total. The van der Waals surface area contributed by atoms with Gasteiger partial charge in [-0.2, -0.15) is 0 Å². The van der Waals surface area contributed by atoms with E-state index < -0.39 is 5.60 Å². The molecular formula is C26H24ClN3O4. The van der Waals surface area contributed by atoms with Gasteiger partial charge in [-0.1, -0.05) is 48.0 Å². The minimum absolute atomic E-state index is 0.0664. The highest BCUT2D eigenvalue weighted by Crippen LogP contribution is 2.27. The molecule has 0 bridgehead atoms. The molecular weight excluding hydrogens is 454 g/mol. The Labute approximate surface area is 201 Å². The van der Waals surface area contributed by atoms with Crippen LogP contribution in [-0.2, 0) is 11.3 Å². The fraction of sp³-hybridized carbons (Fsp3) is 0.269. The molecule has 4 aromatic rings. The standard InChI is InChI=1S/C26H24ClN3O4/c27-19-8-9-21-22(14-19)28-17-30(25(21)32)16-26(33)10-12-29(13-11-26)24(31)15-34-23-7-3-5-18-4-1-2-6-20(18)23/h1-9,14,17,33H,10-13,15-16H2. The summed E-state index contributed by atoms with van der Waals surface area (Å²) in [6.07, 6.45) is 2.16. The largest absolute Gasteiger partial charge is 0.483 e. The Balaban J connectivity index is 1.21. The quantitative estimate of drug-likeness (QED) is 0.474. The molecule has 0 aliphatic carbocycles. The first kappa shape index (κ1) is 22.4. The number of ether oxygens (including phenoxy) is 1. The van der Waals surface area contributed by atoms with Gasteiger partial charge in [0.05, 0.1) is 29.4 Å². The Morgan fingerprint density at radius 1 is 1.06 bits per heavy atom. The zero-order valence-electron chi connectivity index (χ0n) is 18.5. The number of fused-ring (bicyclic) bond motifs is 2. The molecule has 1 N–H and O–H groups in total. The number of aromatic nitrogens is 2. The third-order valence-electron chi connectivity index (χ3n) is 6.40. The lowest BCUT2D eigenvalue weighted by Gasteiger charge is -2.38. The average molecular weight is 478 g/mol. The molecule has 0 radical (unpaired) electrons. The van der Waals surface area contributed by atoms with E-state index in [2.05, 4.69) is 4.98 Å². The molecule has 0 unspecified atom stereocenters. The molecule has 1 aliphatic heterocycles. The number of aliphatic hydroxyl groups is 1. The molecule has 1 aliphatic rings. The van der Waals surface area contributed by atoms with Gasteiger partial charge < -0.3 is 14.7 Å². The maximum Gasteiger partial charge on any atom is 0.261 e. The first-order chi connectivity index (χ1) is 16.4. The lowest BCUT2D eigenvalue weighted by Crippen LogP contribution is -2.50. The minimum Gasteiger partial charge on any atom is -0.483 e. The fourth-order valence-corrected chi connectivity index (χ4v) is 4.61. The summed E-state index contributed by atoms with van der Waals surface area (Å²) in [7, 11) is 0. The Kier molecular flexibility index (Phi) is 5.98. The van der Waals surface area contributed by atoms with Crippen molar-refractivity contribution < 1.29 is 14.6 Å². The third-order valence-corrected chi connectivity index (χ3v) is 6.63. The number of piperidine rings is 1. The Morgan fingerprint density at radius 3 is 2.65 bits per heavy atom. The minimum atomic E-state index is -1.10. The van der Waals surface area contributed by atoms with Gasteiger partial charge in [0.25, 0.3) is 11.5 Å². The van der Waals surface area contributed by atoms with Crippen molar-refractivity contribution in [3.05, 3.63) is 82.4 Å². The third kappa shape index (κ3) is 4.49. The predicted molar refractivity (Wildman–Crippen MR) is 131 cm³/mol. The van der Waals surface area contributed by atoms with Crippen LogP contribution in [0.4, 0.5) is 0 Å². The van der Waals surface area contributed by atoms with Crippen molar-refractivity contribution >= 4 is 39.2 Å². The first-order valence-electron chi connectivity index (χ1n) is 11.2. The smallest absolute Gasteiger partial charge is 0.261 e. The molecule has 0 saturated carbocycles. The summed E-state index contributed by atoms with van der Waals surface area (Å²) in [5.41, 5.74) is -0.803. The van der Waals surface area contributed by atoms with E-state index in [1.807, 2.05) is 42.5 Å². The summed E-state index contributed by atoms with van der Waals surface area (Å²) < 4.78 is 7.26. The number of carbonyl (C=O) groups is 1. The van der Waals surface area contributed by atoms with Crippen molar-refractivity contribution in [2.24, 2.45) is 0 Å². The van der Waals surface area contributed by atoms with Crippen LogP contribution in [0.3, 0.4) is 0 Å². The van der Waals surface area contributed by atoms with Crippen molar-refractivity contribution in [1.29, 1.82) is 0 Å². The van der Waals surface area contributed by atoms with Crippen LogP contribution in [-0.4, -0.2) is 50.8 Å². The van der Waals surface area contributed by atoms with E-state index in [1.165, 1.54) is 10.9 Å². The van der Waals surface area contributed by atoms with Crippen LogP contribution in [0.2, 0.25) is 5.02 Å². The summed E-state index contributed by atoms with van der Waals surface area (Å²) in [6, 6.07) is 18.6. The van der Waals surface area contributed by atoms with Crippen LogP contribution in [0.1, 0.15) is 12.8 Å². The lowest BCUT2D eigenvalue weighted by molar-refractivity contribution is -0.138. The summed E-state index contributed by atoms with van der Waals surface area (Å²) >= 11 is 5.98. The molecule has 8 heteroatoms. The van der Waals surface area contributed by atoms with E-state index in [-0.39, 0.29) is 24.6 Å². The SMILES string of the molecule is O=C(COc1cccc2ccccc12)N1CCC(O)(Cn2cnc3cc(Cl)ccc3c2=O)CC1. The van der Waals surface area contributed by atoms with Gasteiger partial charge in [-0.3, -0.25) is 14.2 Å². The van der Waals surface area contributed by atoms with Gasteiger partial charge in [0.2, 0.25) is 0 Å². The van der Waals surface area contributed by atoms with E-state index >= 15 is 0 Å². The Morgan fingerprint density at radius 2 is 1.82 bits per heavy atom. The van der Waals surface area contributed by atoms with E-state index in [1.54, 1.807) is 23.1 Å². The summed E-state index contributed by atoms with van der Waals surface area (Å²) in [6.45, 7) is 0.828. The summed E-state index contributed by atoms with van der Waals surface area (Å²) in [5.74, 6) is 0.542. The molecule has 1 fully saturated rings. The number of amides is 1. The second-order valence-electron chi connectivity index (χ2n) is 8.71. The molecule has 1 amide bonds. The number of benzene rings is 3. The predicted octanol–water partition coefficient (Wildman–Crippen LogP) is 3.64. The number of rotatable bonds is 5. The van der Waals surface area contributed by atoms with Gasteiger partial charge in [0.15, 0.2) is 6.61 Å². The van der Waals surface area contributed by atoms with Crippen molar-refractivity contribution in [3.63, 3.8) is 0 Å². The van der Waals surface area contributed by atoms with E-state index in [0.29, 0.717) is 47.6 Å². The van der Waals surface area contributed by atoms with E-state index in [4.69, 9.17) is 16.3 Å². The average Bonchev–Trinajstić information content (AvgIpc) is 2.84. The number of nitrogens with zero attached hydrogens (tertiary/aromatic N) is 3. The molecule has 5 rings (SSSR count). The molecule has 1 saturated heterocycles. The highest BCUT2D eigenvalue weighted by atomic mass is 35.5. The van der Waals surface area contributed by atoms with Gasteiger partial charge >= 0.3 is 0 Å². The second-order valence-corrected chi connectivity index (χ2v) is 9.15.